The zero-order valence-electron chi connectivity index (χ0n) is 17.3. The van der Waals surface area contributed by atoms with Crippen LogP contribution in [0.15, 0.2) is 16.8 Å². The molecule has 7 nitrogen and oxygen atoms in total. The predicted molar refractivity (Wildman–Crippen MR) is 107 cm³/mol. The molecule has 0 aromatic carbocycles. The molecule has 29 heavy (non-hydrogen) atoms. The third-order valence-corrected chi connectivity index (χ3v) is 4.43. The largest absolute Gasteiger partial charge is 0.452 e. The first kappa shape index (κ1) is 23.6. The Morgan fingerprint density at radius 2 is 1.90 bits per heavy atom. The maximum atomic E-state index is 12.8. The first-order chi connectivity index (χ1) is 13.6. The highest BCUT2D eigenvalue weighted by Crippen LogP contribution is 2.30. The molecule has 0 radical (unpaired) electrons. The number of nitrogens with zero attached hydrogens (tertiary/aromatic N) is 4. The van der Waals surface area contributed by atoms with Crippen LogP contribution in [0.3, 0.4) is 0 Å². The molecule has 0 saturated heterocycles. The third kappa shape index (κ3) is 7.23. The minimum atomic E-state index is -4.57. The van der Waals surface area contributed by atoms with E-state index in [4.69, 9.17) is 14.5 Å². The molecule has 0 amide bonds. The lowest BCUT2D eigenvalue weighted by atomic mass is 10.1. The average Bonchev–Trinajstić information content (AvgIpc) is 3.08. The van der Waals surface area contributed by atoms with Crippen LogP contribution in [0.25, 0.3) is 0 Å². The van der Waals surface area contributed by atoms with Gasteiger partial charge in [-0.25, -0.2) is 4.99 Å². The Bertz CT molecular complexity index is 709. The Hall–Kier alpha value is -1.72. The van der Waals surface area contributed by atoms with E-state index in [1.807, 2.05) is 6.08 Å². The number of hydrogen-bond acceptors (Lipinski definition) is 8. The summed E-state index contributed by atoms with van der Waals surface area (Å²) in [5.41, 5.74) is 0.605. The van der Waals surface area contributed by atoms with Gasteiger partial charge in [0.25, 0.3) is 0 Å². The fourth-order valence-electron chi connectivity index (χ4n) is 2.81. The van der Waals surface area contributed by atoms with Gasteiger partial charge in [-0.05, 0) is 11.8 Å². The van der Waals surface area contributed by atoms with E-state index >= 15 is 0 Å². The first-order valence-corrected chi connectivity index (χ1v) is 10.2. The minimum Gasteiger partial charge on any atom is -0.359 e. The van der Waals surface area contributed by atoms with Crippen molar-refractivity contribution in [3.8, 4) is 0 Å². The summed E-state index contributed by atoms with van der Waals surface area (Å²) in [7, 11) is 1.54. The van der Waals surface area contributed by atoms with Crippen molar-refractivity contribution in [3.63, 3.8) is 0 Å². The SMILES string of the molecule is COCOC1CC=C(Nc2nc(C(F)(F)F)ns2)C(N(CC(C)C)CC(C)C)=N1. The molecule has 0 spiro atoms. The van der Waals surface area contributed by atoms with Crippen LogP contribution in [0.5, 0.6) is 0 Å². The van der Waals surface area contributed by atoms with Crippen LogP contribution in [0.1, 0.15) is 39.9 Å². The van der Waals surface area contributed by atoms with Crippen molar-refractivity contribution in [1.29, 1.82) is 0 Å². The molecule has 2 rings (SSSR count). The van der Waals surface area contributed by atoms with Gasteiger partial charge in [0.15, 0.2) is 6.23 Å². The van der Waals surface area contributed by atoms with Crippen LogP contribution in [-0.4, -0.2) is 53.3 Å². The predicted octanol–water partition coefficient (Wildman–Crippen LogP) is 4.22. The van der Waals surface area contributed by atoms with Crippen molar-refractivity contribution < 1.29 is 22.6 Å². The van der Waals surface area contributed by atoms with E-state index in [0.717, 1.165) is 13.1 Å². The molecule has 2 heterocycles. The number of methoxy groups -OCH3 is 1. The molecule has 1 aromatic heterocycles. The molecular formula is C18H28F3N5O2S. The Morgan fingerprint density at radius 1 is 1.24 bits per heavy atom. The molecule has 1 N–H and O–H groups in total. The summed E-state index contributed by atoms with van der Waals surface area (Å²) in [6, 6.07) is 0. The molecule has 1 aliphatic heterocycles. The molecule has 0 aliphatic carbocycles. The van der Waals surface area contributed by atoms with Gasteiger partial charge < -0.3 is 19.7 Å². The van der Waals surface area contributed by atoms with Crippen LogP contribution in [0, 0.1) is 11.8 Å². The Morgan fingerprint density at radius 3 is 2.41 bits per heavy atom. The average molecular weight is 436 g/mol. The number of rotatable bonds is 9. The van der Waals surface area contributed by atoms with Crippen LogP contribution in [0.4, 0.5) is 18.3 Å². The van der Waals surface area contributed by atoms with Crippen LogP contribution in [-0.2, 0) is 15.7 Å². The van der Waals surface area contributed by atoms with Gasteiger partial charge in [0, 0.05) is 38.2 Å². The first-order valence-electron chi connectivity index (χ1n) is 9.41. The minimum absolute atomic E-state index is 0.0709. The lowest BCUT2D eigenvalue weighted by Gasteiger charge is -2.33. The molecule has 1 unspecified atom stereocenters. The van der Waals surface area contributed by atoms with Crippen LogP contribution in [0.2, 0.25) is 0 Å². The number of ether oxygens (including phenoxy) is 2. The lowest BCUT2D eigenvalue weighted by molar-refractivity contribution is -0.144. The lowest BCUT2D eigenvalue weighted by Crippen LogP contribution is -2.41. The van der Waals surface area contributed by atoms with E-state index in [2.05, 4.69) is 47.3 Å². The number of nitrogens with one attached hydrogen (secondary N) is 1. The zero-order chi connectivity index (χ0) is 21.6. The number of hydrogen-bond donors (Lipinski definition) is 1. The summed E-state index contributed by atoms with van der Waals surface area (Å²) in [5, 5.41) is 3.04. The monoisotopic (exact) mass is 435 g/mol. The third-order valence-electron chi connectivity index (χ3n) is 3.80. The second-order valence-corrected chi connectivity index (χ2v) is 8.32. The Balaban J connectivity index is 2.28. The fourth-order valence-corrected chi connectivity index (χ4v) is 3.41. The fraction of sp³-hybridized carbons (Fsp3) is 0.722. The van der Waals surface area contributed by atoms with E-state index < -0.39 is 18.2 Å². The maximum Gasteiger partial charge on any atom is 0.452 e. The van der Waals surface area contributed by atoms with Gasteiger partial charge in [0.2, 0.25) is 11.0 Å². The van der Waals surface area contributed by atoms with Gasteiger partial charge in [-0.2, -0.15) is 22.5 Å². The maximum absolute atomic E-state index is 12.8. The Kier molecular flexibility index (Phi) is 8.41. The number of aromatic nitrogens is 2. The molecule has 1 aromatic rings. The summed E-state index contributed by atoms with van der Waals surface area (Å²) in [4.78, 5) is 10.4. The number of dihydropyridines is 1. The zero-order valence-corrected chi connectivity index (χ0v) is 18.1. The quantitative estimate of drug-likeness (QED) is 0.586. The number of amidine groups is 1. The number of halogens is 3. The molecule has 0 fully saturated rings. The standard InChI is InChI=1S/C18H28F3N5O2S/c1-11(2)8-26(9-12(3)4)15-13(6-7-14(23-15)28-10-27-5)22-17-24-16(25-29-17)18(19,20)21/h6,11-12,14H,7-10H2,1-5H3,(H,22,24,25). The van der Waals surface area contributed by atoms with Gasteiger partial charge in [-0.1, -0.05) is 33.8 Å². The van der Waals surface area contributed by atoms with Crippen molar-refractivity contribution in [2.45, 2.75) is 46.5 Å². The van der Waals surface area contributed by atoms with Gasteiger partial charge in [-0.15, -0.1) is 0 Å². The van der Waals surface area contributed by atoms with E-state index in [1.54, 1.807) is 0 Å². The second kappa shape index (κ2) is 10.4. The highest BCUT2D eigenvalue weighted by atomic mass is 32.1. The van der Waals surface area contributed by atoms with Gasteiger partial charge in [-0.3, -0.25) is 0 Å². The highest BCUT2D eigenvalue weighted by molar-refractivity contribution is 7.09. The summed E-state index contributed by atoms with van der Waals surface area (Å²) in [5.74, 6) is 0.235. The van der Waals surface area contributed by atoms with Gasteiger partial charge in [0.1, 0.15) is 12.6 Å². The number of alkyl halides is 3. The topological polar surface area (TPSA) is 71.9 Å². The van der Waals surface area contributed by atoms with E-state index in [9.17, 15) is 13.2 Å². The van der Waals surface area contributed by atoms with Gasteiger partial charge in [0.05, 0.1) is 5.70 Å². The van der Waals surface area contributed by atoms with E-state index in [1.165, 1.54) is 7.11 Å². The normalized spacial score (nSPS) is 17.5. The summed E-state index contributed by atoms with van der Waals surface area (Å²) in [6.45, 7) is 10.0. The van der Waals surface area contributed by atoms with Crippen molar-refractivity contribution in [2.75, 3.05) is 32.3 Å². The number of aliphatic imine (C=N–C) groups is 1. The molecule has 1 atom stereocenters. The van der Waals surface area contributed by atoms with E-state index in [0.29, 0.717) is 41.3 Å². The van der Waals surface area contributed by atoms with Crippen LogP contribution < -0.4 is 5.32 Å². The number of anilines is 1. The summed E-state index contributed by atoms with van der Waals surface area (Å²) < 4.78 is 52.4. The smallest absolute Gasteiger partial charge is 0.359 e. The van der Waals surface area contributed by atoms with E-state index in [-0.39, 0.29) is 11.9 Å². The van der Waals surface area contributed by atoms with Crippen molar-refractivity contribution in [2.24, 2.45) is 16.8 Å². The molecular weight excluding hydrogens is 407 g/mol. The Labute approximate surface area is 173 Å². The molecule has 11 heteroatoms. The van der Waals surface area contributed by atoms with Crippen molar-refractivity contribution in [3.05, 3.63) is 17.6 Å². The van der Waals surface area contributed by atoms with Crippen molar-refractivity contribution >= 4 is 22.5 Å². The van der Waals surface area contributed by atoms with Crippen molar-refractivity contribution in [1.82, 2.24) is 14.3 Å². The molecule has 164 valence electrons. The summed E-state index contributed by atoms with van der Waals surface area (Å²) in [6.07, 6.45) is -2.66. The molecule has 1 aliphatic rings. The summed E-state index contributed by atoms with van der Waals surface area (Å²) >= 11 is 0.668. The second-order valence-electron chi connectivity index (χ2n) is 7.57. The van der Waals surface area contributed by atoms with Crippen LogP contribution >= 0.6 is 11.5 Å². The molecule has 0 bridgehead atoms. The highest BCUT2D eigenvalue weighted by Gasteiger charge is 2.36. The molecule has 0 saturated carbocycles. The van der Waals surface area contributed by atoms with Gasteiger partial charge >= 0.3 is 6.18 Å².